The summed E-state index contributed by atoms with van der Waals surface area (Å²) in [4.78, 5) is 10.5. The lowest BCUT2D eigenvalue weighted by molar-refractivity contribution is 0.259. The number of primary amides is 1. The third kappa shape index (κ3) is 2.55. The Hall–Kier alpha value is -1.91. The number of carbonyl (C=O) groups is 1. The molecule has 0 bridgehead atoms. The van der Waals surface area contributed by atoms with Crippen molar-refractivity contribution in [3.63, 3.8) is 0 Å². The van der Waals surface area contributed by atoms with Gasteiger partial charge in [0.1, 0.15) is 5.75 Å². The van der Waals surface area contributed by atoms with Crippen LogP contribution in [0.15, 0.2) is 18.2 Å². The lowest BCUT2D eigenvalue weighted by Crippen LogP contribution is -2.19. The van der Waals surface area contributed by atoms with E-state index < -0.39 is 6.03 Å². The first-order valence-corrected chi connectivity index (χ1v) is 4.22. The largest absolute Gasteiger partial charge is 0.492 e. The first-order valence-electron chi connectivity index (χ1n) is 4.22. The fraction of sp³-hybridized carbons (Fsp3) is 0.222. The maximum atomic E-state index is 10.5. The number of hydrogen-bond donors (Lipinski definition) is 3. The van der Waals surface area contributed by atoms with Crippen LogP contribution in [0.2, 0.25) is 0 Å². The Bertz CT molecular complexity index is 339. The van der Waals surface area contributed by atoms with Crippen molar-refractivity contribution >= 4 is 17.4 Å². The second-order valence-electron chi connectivity index (χ2n) is 2.67. The summed E-state index contributed by atoms with van der Waals surface area (Å²) in [5.74, 6) is 0.600. The van der Waals surface area contributed by atoms with Gasteiger partial charge in [-0.1, -0.05) is 0 Å². The predicted molar refractivity (Wildman–Crippen MR) is 55.2 cm³/mol. The molecule has 0 fully saturated rings. The van der Waals surface area contributed by atoms with Gasteiger partial charge in [0.05, 0.1) is 12.3 Å². The summed E-state index contributed by atoms with van der Waals surface area (Å²) >= 11 is 0. The van der Waals surface area contributed by atoms with Gasteiger partial charge in [-0.05, 0) is 25.1 Å². The summed E-state index contributed by atoms with van der Waals surface area (Å²) in [6.07, 6.45) is 0. The fourth-order valence-electron chi connectivity index (χ4n) is 1.06. The van der Waals surface area contributed by atoms with Crippen LogP contribution >= 0.6 is 0 Å². The Kier molecular flexibility index (Phi) is 3.17. The molecule has 5 heteroatoms. The zero-order valence-corrected chi connectivity index (χ0v) is 7.91. The Labute approximate surface area is 82.0 Å². The molecule has 0 spiro atoms. The number of ether oxygens (including phenoxy) is 1. The molecule has 2 amide bonds. The van der Waals surface area contributed by atoms with Crippen LogP contribution in [0, 0.1) is 0 Å². The SMILES string of the molecule is CCOc1ccc(NC(N)=O)cc1N. The molecule has 0 aliphatic heterocycles. The van der Waals surface area contributed by atoms with Crippen LogP contribution in [0.25, 0.3) is 0 Å². The number of nitrogens with two attached hydrogens (primary N) is 2. The van der Waals surface area contributed by atoms with Gasteiger partial charge in [-0.15, -0.1) is 0 Å². The predicted octanol–water partition coefficient (Wildman–Crippen LogP) is 1.16. The molecule has 0 radical (unpaired) electrons. The molecule has 0 heterocycles. The highest BCUT2D eigenvalue weighted by Crippen LogP contribution is 2.24. The van der Waals surface area contributed by atoms with Crippen LogP contribution in [0.3, 0.4) is 0 Å². The molecule has 76 valence electrons. The molecular weight excluding hydrogens is 182 g/mol. The maximum Gasteiger partial charge on any atom is 0.316 e. The van der Waals surface area contributed by atoms with E-state index in [4.69, 9.17) is 16.2 Å². The first-order chi connectivity index (χ1) is 6.63. The third-order valence-electron chi connectivity index (χ3n) is 1.58. The smallest absolute Gasteiger partial charge is 0.316 e. The zero-order valence-electron chi connectivity index (χ0n) is 7.91. The molecule has 1 rings (SSSR count). The van der Waals surface area contributed by atoms with Gasteiger partial charge >= 0.3 is 6.03 Å². The molecule has 0 unspecified atom stereocenters. The Balaban J connectivity index is 2.83. The zero-order chi connectivity index (χ0) is 10.6. The molecule has 1 aromatic carbocycles. The van der Waals surface area contributed by atoms with Crippen LogP contribution in [-0.2, 0) is 0 Å². The number of carbonyl (C=O) groups excluding carboxylic acids is 1. The molecular formula is C9H13N3O2. The highest BCUT2D eigenvalue weighted by atomic mass is 16.5. The number of nitrogens with one attached hydrogen (secondary N) is 1. The van der Waals surface area contributed by atoms with Crippen LogP contribution in [-0.4, -0.2) is 12.6 Å². The van der Waals surface area contributed by atoms with E-state index in [0.717, 1.165) is 0 Å². The molecule has 5 N–H and O–H groups in total. The van der Waals surface area contributed by atoms with Crippen molar-refractivity contribution < 1.29 is 9.53 Å². The van der Waals surface area contributed by atoms with Gasteiger partial charge in [0.15, 0.2) is 0 Å². The normalized spacial score (nSPS) is 9.50. The summed E-state index contributed by atoms with van der Waals surface area (Å²) in [7, 11) is 0. The minimum atomic E-state index is -0.617. The topological polar surface area (TPSA) is 90.4 Å². The van der Waals surface area contributed by atoms with Crippen molar-refractivity contribution in [2.24, 2.45) is 5.73 Å². The van der Waals surface area contributed by atoms with E-state index >= 15 is 0 Å². The number of amides is 2. The van der Waals surface area contributed by atoms with Gasteiger partial charge < -0.3 is 21.5 Å². The minimum absolute atomic E-state index is 0.470. The van der Waals surface area contributed by atoms with Crippen molar-refractivity contribution in [1.82, 2.24) is 0 Å². The van der Waals surface area contributed by atoms with Gasteiger partial charge in [-0.3, -0.25) is 0 Å². The van der Waals surface area contributed by atoms with Crippen LogP contribution in [0.5, 0.6) is 5.75 Å². The summed E-state index contributed by atoms with van der Waals surface area (Å²) in [6.45, 7) is 2.42. The summed E-state index contributed by atoms with van der Waals surface area (Å²) in [5, 5.41) is 2.42. The van der Waals surface area contributed by atoms with E-state index in [2.05, 4.69) is 5.32 Å². The van der Waals surface area contributed by atoms with E-state index in [1.807, 2.05) is 6.92 Å². The monoisotopic (exact) mass is 195 g/mol. The Morgan fingerprint density at radius 2 is 2.29 bits per heavy atom. The van der Waals surface area contributed by atoms with Crippen molar-refractivity contribution in [2.75, 3.05) is 17.7 Å². The molecule has 0 saturated heterocycles. The van der Waals surface area contributed by atoms with E-state index in [0.29, 0.717) is 23.7 Å². The highest BCUT2D eigenvalue weighted by Gasteiger charge is 2.02. The Morgan fingerprint density at radius 3 is 2.79 bits per heavy atom. The number of hydrogen-bond acceptors (Lipinski definition) is 3. The molecule has 14 heavy (non-hydrogen) atoms. The lowest BCUT2D eigenvalue weighted by Gasteiger charge is -2.08. The van der Waals surface area contributed by atoms with Gasteiger partial charge in [-0.25, -0.2) is 4.79 Å². The van der Waals surface area contributed by atoms with Crippen LogP contribution in [0.4, 0.5) is 16.2 Å². The molecule has 5 nitrogen and oxygen atoms in total. The van der Waals surface area contributed by atoms with Gasteiger partial charge in [0, 0.05) is 5.69 Å². The van der Waals surface area contributed by atoms with Gasteiger partial charge in [-0.2, -0.15) is 0 Å². The molecule has 0 aromatic heterocycles. The lowest BCUT2D eigenvalue weighted by atomic mass is 10.2. The average Bonchev–Trinajstić information content (AvgIpc) is 2.09. The molecule has 0 atom stereocenters. The number of nitrogen functional groups attached to an aromatic ring is 1. The van der Waals surface area contributed by atoms with E-state index in [1.165, 1.54) is 0 Å². The molecule has 1 aromatic rings. The molecule has 0 aliphatic rings. The van der Waals surface area contributed by atoms with Crippen LogP contribution in [0.1, 0.15) is 6.92 Å². The summed E-state index contributed by atoms with van der Waals surface area (Å²) in [6, 6.07) is 4.33. The second kappa shape index (κ2) is 4.36. The van der Waals surface area contributed by atoms with Gasteiger partial charge in [0.2, 0.25) is 0 Å². The fourth-order valence-corrected chi connectivity index (χ4v) is 1.06. The number of urea groups is 1. The van der Waals surface area contributed by atoms with Gasteiger partial charge in [0.25, 0.3) is 0 Å². The third-order valence-corrected chi connectivity index (χ3v) is 1.58. The quantitative estimate of drug-likeness (QED) is 0.632. The minimum Gasteiger partial charge on any atom is -0.492 e. The van der Waals surface area contributed by atoms with E-state index in [1.54, 1.807) is 18.2 Å². The molecule has 0 aliphatic carbocycles. The standard InChI is InChI=1S/C9H13N3O2/c1-2-14-8-4-3-6(5-7(8)10)12-9(11)13/h3-5H,2,10H2,1H3,(H3,11,12,13). The Morgan fingerprint density at radius 1 is 1.57 bits per heavy atom. The van der Waals surface area contributed by atoms with E-state index in [9.17, 15) is 4.79 Å². The van der Waals surface area contributed by atoms with Crippen LogP contribution < -0.4 is 21.5 Å². The molecule has 0 saturated carbocycles. The number of anilines is 2. The average molecular weight is 195 g/mol. The number of benzene rings is 1. The van der Waals surface area contributed by atoms with Crippen molar-refractivity contribution in [1.29, 1.82) is 0 Å². The highest BCUT2D eigenvalue weighted by molar-refractivity contribution is 5.88. The van der Waals surface area contributed by atoms with Crippen molar-refractivity contribution in [3.05, 3.63) is 18.2 Å². The summed E-state index contributed by atoms with van der Waals surface area (Å²) < 4.78 is 5.23. The van der Waals surface area contributed by atoms with E-state index in [-0.39, 0.29) is 0 Å². The second-order valence-corrected chi connectivity index (χ2v) is 2.67. The number of rotatable bonds is 3. The maximum absolute atomic E-state index is 10.5. The van der Waals surface area contributed by atoms with Crippen molar-refractivity contribution in [3.8, 4) is 5.75 Å². The first kappa shape index (κ1) is 10.2. The van der Waals surface area contributed by atoms with Crippen molar-refractivity contribution in [2.45, 2.75) is 6.92 Å². The summed E-state index contributed by atoms with van der Waals surface area (Å²) in [5.41, 5.74) is 11.6.